The minimum atomic E-state index is -0.143. The highest BCUT2D eigenvalue weighted by Crippen LogP contribution is 2.41. The summed E-state index contributed by atoms with van der Waals surface area (Å²) in [5, 5.41) is 7.54. The number of urea groups is 1. The Hall–Kier alpha value is -2.71. The molecule has 2 aliphatic rings. The number of nitrogens with zero attached hydrogens (tertiary/aromatic N) is 2. The van der Waals surface area contributed by atoms with Gasteiger partial charge in [0.2, 0.25) is 0 Å². The molecule has 0 aliphatic carbocycles. The lowest BCUT2D eigenvalue weighted by molar-refractivity contribution is 0.154. The van der Waals surface area contributed by atoms with Crippen molar-refractivity contribution in [2.75, 3.05) is 51.0 Å². The second-order valence-corrected chi connectivity index (χ2v) is 10.4. The van der Waals surface area contributed by atoms with Gasteiger partial charge in [-0.1, -0.05) is 17.7 Å². The van der Waals surface area contributed by atoms with E-state index in [4.69, 9.17) is 33.3 Å². The first-order valence-electron chi connectivity index (χ1n) is 11.8. The van der Waals surface area contributed by atoms with Gasteiger partial charge in [-0.15, -0.1) is 0 Å². The Morgan fingerprint density at radius 2 is 1.51 bits per heavy atom. The molecular weight excluding hydrogens is 484 g/mol. The quantitative estimate of drug-likeness (QED) is 0.509. The van der Waals surface area contributed by atoms with Crippen LogP contribution in [-0.4, -0.2) is 61.3 Å². The standard InChI is InChI=1S/C26H33ClN4O3S/c1-17-11-18(2)13-19(12-17)28-25(35)30-8-5-26(6-9-30)7-10-31(16-26)24(32)29-21-14-20(27)22(33-3)15-23(21)34-4/h11-15H,5-10,16H2,1-4H3,(H,28,35)(H,29,32). The summed E-state index contributed by atoms with van der Waals surface area (Å²) in [6.07, 6.45) is 3.00. The average Bonchev–Trinajstić information content (AvgIpc) is 3.22. The lowest BCUT2D eigenvalue weighted by atomic mass is 9.78. The van der Waals surface area contributed by atoms with Crippen LogP contribution in [0.4, 0.5) is 16.2 Å². The van der Waals surface area contributed by atoms with Gasteiger partial charge < -0.3 is 29.9 Å². The van der Waals surface area contributed by atoms with Crippen molar-refractivity contribution < 1.29 is 14.3 Å². The third-order valence-corrected chi connectivity index (χ3v) is 7.68. The molecule has 2 aliphatic heterocycles. The van der Waals surface area contributed by atoms with Gasteiger partial charge in [0.1, 0.15) is 11.5 Å². The van der Waals surface area contributed by atoms with Crippen LogP contribution in [-0.2, 0) is 0 Å². The Labute approximate surface area is 217 Å². The number of halogens is 1. The molecule has 2 N–H and O–H groups in total. The van der Waals surface area contributed by atoms with Gasteiger partial charge in [0.15, 0.2) is 5.11 Å². The Morgan fingerprint density at radius 3 is 2.11 bits per heavy atom. The maximum absolute atomic E-state index is 13.0. The first kappa shape index (κ1) is 25.4. The normalized spacial score (nSPS) is 16.8. The number of carbonyl (C=O) groups is 1. The number of nitrogens with one attached hydrogen (secondary N) is 2. The van der Waals surface area contributed by atoms with E-state index in [9.17, 15) is 4.79 Å². The fraction of sp³-hybridized carbons (Fsp3) is 0.462. The molecule has 1 spiro atoms. The van der Waals surface area contributed by atoms with Gasteiger partial charge in [0.05, 0.1) is 24.9 Å². The summed E-state index contributed by atoms with van der Waals surface area (Å²) in [6.45, 7) is 7.40. The molecule has 4 rings (SSSR count). The number of hydrogen-bond acceptors (Lipinski definition) is 4. The Morgan fingerprint density at radius 1 is 0.914 bits per heavy atom. The molecule has 0 saturated carbocycles. The number of carbonyl (C=O) groups excluding carboxylic acids is 1. The zero-order chi connectivity index (χ0) is 25.2. The summed E-state index contributed by atoms with van der Waals surface area (Å²) in [5.74, 6) is 1.00. The SMILES string of the molecule is COc1cc(OC)c(NC(=O)N2CCC3(CCN(C(=S)Nc4cc(C)cc(C)c4)CC3)C2)cc1Cl. The number of rotatable bonds is 4. The number of thiocarbonyl (C=S) groups is 1. The molecule has 188 valence electrons. The molecule has 9 heteroatoms. The van der Waals surface area contributed by atoms with Gasteiger partial charge in [-0.25, -0.2) is 4.79 Å². The van der Waals surface area contributed by atoms with E-state index in [0.29, 0.717) is 22.2 Å². The van der Waals surface area contributed by atoms with Crippen LogP contribution in [0.15, 0.2) is 30.3 Å². The van der Waals surface area contributed by atoms with Crippen molar-refractivity contribution in [2.24, 2.45) is 5.41 Å². The summed E-state index contributed by atoms with van der Waals surface area (Å²) in [7, 11) is 3.09. The lowest BCUT2D eigenvalue weighted by Gasteiger charge is -2.40. The molecule has 2 amide bonds. The van der Waals surface area contributed by atoms with Gasteiger partial charge in [-0.2, -0.15) is 0 Å². The Bertz CT molecular complexity index is 1100. The second-order valence-electron chi connectivity index (χ2n) is 9.58. The van der Waals surface area contributed by atoms with Crippen molar-refractivity contribution in [3.8, 4) is 11.5 Å². The maximum Gasteiger partial charge on any atom is 0.321 e. The molecule has 2 aromatic rings. The van der Waals surface area contributed by atoms with Crippen LogP contribution < -0.4 is 20.1 Å². The van der Waals surface area contributed by atoms with Crippen molar-refractivity contribution in [1.29, 1.82) is 0 Å². The third-order valence-electron chi connectivity index (χ3n) is 7.03. The zero-order valence-corrected chi connectivity index (χ0v) is 22.3. The van der Waals surface area contributed by atoms with Gasteiger partial charge in [-0.3, -0.25) is 0 Å². The van der Waals surface area contributed by atoms with E-state index in [1.54, 1.807) is 26.4 Å². The molecule has 0 bridgehead atoms. The van der Waals surface area contributed by atoms with E-state index in [2.05, 4.69) is 47.6 Å². The van der Waals surface area contributed by atoms with Crippen molar-refractivity contribution in [2.45, 2.75) is 33.1 Å². The first-order chi connectivity index (χ1) is 16.7. The molecule has 2 heterocycles. The number of methoxy groups -OCH3 is 2. The zero-order valence-electron chi connectivity index (χ0n) is 20.7. The van der Waals surface area contributed by atoms with Crippen LogP contribution in [0.2, 0.25) is 5.02 Å². The number of hydrogen-bond donors (Lipinski definition) is 2. The van der Waals surface area contributed by atoms with Crippen LogP contribution >= 0.6 is 23.8 Å². The highest BCUT2D eigenvalue weighted by Gasteiger charge is 2.42. The fourth-order valence-corrected chi connectivity index (χ4v) is 5.64. The smallest absolute Gasteiger partial charge is 0.321 e. The largest absolute Gasteiger partial charge is 0.495 e. The van der Waals surface area contributed by atoms with Crippen LogP contribution in [0.25, 0.3) is 0 Å². The number of aryl methyl sites for hydroxylation is 2. The van der Waals surface area contributed by atoms with Crippen LogP contribution in [0.3, 0.4) is 0 Å². The van der Waals surface area contributed by atoms with E-state index in [1.807, 2.05) is 4.90 Å². The molecule has 35 heavy (non-hydrogen) atoms. The van der Waals surface area contributed by atoms with E-state index in [0.717, 1.165) is 56.2 Å². The number of anilines is 2. The average molecular weight is 517 g/mol. The van der Waals surface area contributed by atoms with Crippen LogP contribution in [0, 0.1) is 19.3 Å². The molecule has 0 aromatic heterocycles. The molecule has 2 saturated heterocycles. The summed E-state index contributed by atoms with van der Waals surface area (Å²) in [6, 6.07) is 9.57. The number of amides is 2. The highest BCUT2D eigenvalue weighted by molar-refractivity contribution is 7.80. The van der Waals surface area contributed by atoms with Crippen molar-refractivity contribution in [3.63, 3.8) is 0 Å². The first-order valence-corrected chi connectivity index (χ1v) is 12.6. The molecule has 0 atom stereocenters. The number of likely N-dealkylation sites (tertiary alicyclic amines) is 2. The van der Waals surface area contributed by atoms with Gasteiger partial charge in [0.25, 0.3) is 0 Å². The van der Waals surface area contributed by atoms with Crippen molar-refractivity contribution in [1.82, 2.24) is 9.80 Å². The fourth-order valence-electron chi connectivity index (χ4n) is 5.10. The number of piperidine rings is 1. The maximum atomic E-state index is 13.0. The van der Waals surface area contributed by atoms with E-state index in [-0.39, 0.29) is 11.4 Å². The van der Waals surface area contributed by atoms with Gasteiger partial charge in [-0.05, 0) is 80.1 Å². The summed E-state index contributed by atoms with van der Waals surface area (Å²) >= 11 is 12.0. The number of benzene rings is 2. The van der Waals surface area contributed by atoms with Crippen molar-refractivity contribution in [3.05, 3.63) is 46.5 Å². The third kappa shape index (κ3) is 5.76. The monoisotopic (exact) mass is 516 g/mol. The Kier molecular flexibility index (Phi) is 7.62. The summed E-state index contributed by atoms with van der Waals surface area (Å²) in [5.41, 5.74) is 4.12. The van der Waals surface area contributed by atoms with Gasteiger partial charge >= 0.3 is 6.03 Å². The second kappa shape index (κ2) is 10.5. The van der Waals surface area contributed by atoms with Crippen LogP contribution in [0.5, 0.6) is 11.5 Å². The molecule has 0 radical (unpaired) electrons. The summed E-state index contributed by atoms with van der Waals surface area (Å²) in [4.78, 5) is 17.2. The highest BCUT2D eigenvalue weighted by atomic mass is 35.5. The lowest BCUT2D eigenvalue weighted by Crippen LogP contribution is -2.46. The molecule has 2 aromatic carbocycles. The van der Waals surface area contributed by atoms with Crippen LogP contribution in [0.1, 0.15) is 30.4 Å². The van der Waals surface area contributed by atoms with Crippen molar-refractivity contribution >= 4 is 46.3 Å². The van der Waals surface area contributed by atoms with Gasteiger partial charge in [0, 0.05) is 37.9 Å². The molecule has 7 nitrogen and oxygen atoms in total. The van der Waals surface area contributed by atoms with E-state index in [1.165, 1.54) is 11.1 Å². The van der Waals surface area contributed by atoms with E-state index >= 15 is 0 Å². The molecular formula is C26H33ClN4O3S. The topological polar surface area (TPSA) is 66.1 Å². The summed E-state index contributed by atoms with van der Waals surface area (Å²) < 4.78 is 10.6. The number of ether oxygens (including phenoxy) is 2. The predicted octanol–water partition coefficient (Wildman–Crippen LogP) is 5.69. The van der Waals surface area contributed by atoms with E-state index < -0.39 is 0 Å². The predicted molar refractivity (Wildman–Crippen MR) is 145 cm³/mol. The minimum Gasteiger partial charge on any atom is -0.495 e. The Balaban J connectivity index is 1.33. The molecule has 2 fully saturated rings. The minimum absolute atomic E-state index is 0.130. The molecule has 0 unspecified atom stereocenters.